The minimum Gasteiger partial charge on any atom is -0.481 e. The molecular weight excluding hydrogens is 264 g/mol. The lowest BCUT2D eigenvalue weighted by molar-refractivity contribution is -0.142. The Morgan fingerprint density at radius 2 is 2.35 bits per heavy atom. The summed E-state index contributed by atoms with van der Waals surface area (Å²) in [5.41, 5.74) is 0. The zero-order valence-electron chi connectivity index (χ0n) is 11.2. The normalized spacial score (nSPS) is 21.6. The Morgan fingerprint density at radius 1 is 1.55 bits per heavy atom. The molecule has 2 atom stereocenters. The molecule has 3 N–H and O–H groups in total. The van der Waals surface area contributed by atoms with Gasteiger partial charge in [-0.25, -0.2) is 9.78 Å². The topological polar surface area (TPSA) is 105 Å². The van der Waals surface area contributed by atoms with E-state index in [1.807, 2.05) is 17.8 Å². The van der Waals surface area contributed by atoms with Crippen molar-refractivity contribution in [3.63, 3.8) is 0 Å². The molecule has 0 aliphatic carbocycles. The summed E-state index contributed by atoms with van der Waals surface area (Å²) in [4.78, 5) is 26.8. The van der Waals surface area contributed by atoms with E-state index >= 15 is 0 Å². The smallest absolute Gasteiger partial charge is 0.315 e. The van der Waals surface area contributed by atoms with E-state index in [-0.39, 0.29) is 19.2 Å². The van der Waals surface area contributed by atoms with Crippen molar-refractivity contribution in [2.24, 2.45) is 13.0 Å². The first-order chi connectivity index (χ1) is 9.58. The number of imidazole rings is 1. The number of carbonyl (C=O) groups is 2. The van der Waals surface area contributed by atoms with E-state index in [2.05, 4.69) is 15.6 Å². The van der Waals surface area contributed by atoms with E-state index in [4.69, 9.17) is 9.84 Å². The highest BCUT2D eigenvalue weighted by Crippen LogP contribution is 2.13. The number of hydrogen-bond acceptors (Lipinski definition) is 4. The van der Waals surface area contributed by atoms with Crippen molar-refractivity contribution in [3.05, 3.63) is 18.2 Å². The summed E-state index contributed by atoms with van der Waals surface area (Å²) in [6.07, 6.45) is 4.14. The van der Waals surface area contributed by atoms with Crippen LogP contribution in [0.3, 0.4) is 0 Å². The summed E-state index contributed by atoms with van der Waals surface area (Å²) >= 11 is 0. The molecular formula is C12H18N4O4. The van der Waals surface area contributed by atoms with Crippen molar-refractivity contribution in [1.29, 1.82) is 0 Å². The van der Waals surface area contributed by atoms with Gasteiger partial charge in [0.05, 0.1) is 19.3 Å². The van der Waals surface area contributed by atoms with E-state index < -0.39 is 17.9 Å². The van der Waals surface area contributed by atoms with Gasteiger partial charge in [-0.05, 0) is 0 Å². The summed E-state index contributed by atoms with van der Waals surface area (Å²) in [6, 6.07) is -0.873. The number of hydrogen-bond donors (Lipinski definition) is 3. The summed E-state index contributed by atoms with van der Waals surface area (Å²) < 4.78 is 6.95. The average Bonchev–Trinajstić information content (AvgIpc) is 2.99. The van der Waals surface area contributed by atoms with Gasteiger partial charge in [0.15, 0.2) is 0 Å². The summed E-state index contributed by atoms with van der Waals surface area (Å²) in [6.45, 7) is 0.791. The van der Waals surface area contributed by atoms with E-state index in [1.165, 1.54) is 0 Å². The molecule has 0 aromatic carbocycles. The molecule has 1 aromatic rings. The van der Waals surface area contributed by atoms with Gasteiger partial charge in [-0.15, -0.1) is 0 Å². The average molecular weight is 282 g/mol. The van der Waals surface area contributed by atoms with Crippen LogP contribution in [0.4, 0.5) is 4.79 Å². The fourth-order valence-corrected chi connectivity index (χ4v) is 2.08. The first-order valence-corrected chi connectivity index (χ1v) is 6.39. The quantitative estimate of drug-likeness (QED) is 0.666. The van der Waals surface area contributed by atoms with E-state index in [0.717, 1.165) is 5.82 Å². The lowest BCUT2D eigenvalue weighted by Gasteiger charge is -2.16. The number of nitrogens with one attached hydrogen (secondary N) is 2. The molecule has 1 fully saturated rings. The number of nitrogens with zero attached hydrogens (tertiary/aromatic N) is 2. The van der Waals surface area contributed by atoms with Crippen molar-refractivity contribution < 1.29 is 19.4 Å². The molecule has 2 rings (SSSR count). The third kappa shape index (κ3) is 3.47. The van der Waals surface area contributed by atoms with Crippen molar-refractivity contribution in [3.8, 4) is 0 Å². The second-order valence-electron chi connectivity index (χ2n) is 4.69. The van der Waals surface area contributed by atoms with Crippen LogP contribution in [-0.4, -0.2) is 52.5 Å². The minimum absolute atomic E-state index is 0.132. The first-order valence-electron chi connectivity index (χ1n) is 6.39. The third-order valence-electron chi connectivity index (χ3n) is 3.27. The molecule has 2 amide bonds. The van der Waals surface area contributed by atoms with Gasteiger partial charge in [-0.1, -0.05) is 0 Å². The van der Waals surface area contributed by atoms with Crippen molar-refractivity contribution in [2.75, 3.05) is 19.8 Å². The number of carbonyl (C=O) groups excluding carboxylic acids is 1. The second-order valence-corrected chi connectivity index (χ2v) is 4.69. The molecule has 0 saturated carbocycles. The van der Waals surface area contributed by atoms with Crippen LogP contribution in [-0.2, 0) is 23.0 Å². The Labute approximate surface area is 116 Å². The third-order valence-corrected chi connectivity index (χ3v) is 3.27. The summed E-state index contributed by atoms with van der Waals surface area (Å²) in [5, 5.41) is 14.3. The standard InChI is InChI=1S/C12H18N4O4/c1-16-5-4-13-10(16)2-3-14-12(19)15-9-7-20-6-8(9)11(17)18/h4-5,8-9H,2-3,6-7H2,1H3,(H,17,18)(H2,14,15,19). The first kappa shape index (κ1) is 14.3. The van der Waals surface area contributed by atoms with Gasteiger partial charge in [0.25, 0.3) is 0 Å². The van der Waals surface area contributed by atoms with Crippen molar-refractivity contribution >= 4 is 12.0 Å². The Balaban J connectivity index is 1.73. The Bertz CT molecular complexity index is 488. The monoisotopic (exact) mass is 282 g/mol. The number of amides is 2. The van der Waals surface area contributed by atoms with E-state index in [0.29, 0.717) is 13.0 Å². The Hall–Kier alpha value is -2.09. The molecule has 1 aliphatic rings. The molecule has 1 saturated heterocycles. The predicted molar refractivity (Wildman–Crippen MR) is 69.2 cm³/mol. The maximum atomic E-state index is 11.7. The SMILES string of the molecule is Cn1ccnc1CCNC(=O)NC1COCC1C(=O)O. The lowest BCUT2D eigenvalue weighted by Crippen LogP contribution is -2.47. The second kappa shape index (κ2) is 6.38. The Morgan fingerprint density at radius 3 is 3.00 bits per heavy atom. The van der Waals surface area contributed by atoms with Gasteiger partial charge >= 0.3 is 12.0 Å². The van der Waals surface area contributed by atoms with Gasteiger partial charge in [0.2, 0.25) is 0 Å². The fourth-order valence-electron chi connectivity index (χ4n) is 2.08. The summed E-state index contributed by atoms with van der Waals surface area (Å²) in [7, 11) is 1.88. The highest BCUT2D eigenvalue weighted by Gasteiger charge is 2.34. The molecule has 110 valence electrons. The Kier molecular flexibility index (Phi) is 4.57. The van der Waals surface area contributed by atoms with Crippen LogP contribution < -0.4 is 10.6 Å². The van der Waals surface area contributed by atoms with Crippen LogP contribution in [0, 0.1) is 5.92 Å². The number of rotatable bonds is 5. The fraction of sp³-hybridized carbons (Fsp3) is 0.583. The zero-order valence-corrected chi connectivity index (χ0v) is 11.2. The summed E-state index contributed by atoms with van der Waals surface area (Å²) in [5.74, 6) is -0.769. The number of aryl methyl sites for hydroxylation is 1. The lowest BCUT2D eigenvalue weighted by atomic mass is 10.0. The molecule has 0 spiro atoms. The molecule has 8 heteroatoms. The number of urea groups is 1. The molecule has 8 nitrogen and oxygen atoms in total. The number of aromatic nitrogens is 2. The number of carboxylic acid groups (broad SMARTS) is 1. The van der Waals surface area contributed by atoms with Crippen LogP contribution in [0.15, 0.2) is 12.4 Å². The molecule has 0 radical (unpaired) electrons. The van der Waals surface area contributed by atoms with E-state index in [9.17, 15) is 9.59 Å². The van der Waals surface area contributed by atoms with Gasteiger partial charge in [-0.2, -0.15) is 0 Å². The molecule has 2 unspecified atom stereocenters. The van der Waals surface area contributed by atoms with Gasteiger partial charge < -0.3 is 25.0 Å². The number of aliphatic carboxylic acids is 1. The molecule has 20 heavy (non-hydrogen) atoms. The zero-order chi connectivity index (χ0) is 14.5. The van der Waals surface area contributed by atoms with Crippen LogP contribution >= 0.6 is 0 Å². The van der Waals surface area contributed by atoms with Gasteiger partial charge in [0.1, 0.15) is 11.7 Å². The van der Waals surface area contributed by atoms with Crippen LogP contribution in [0.25, 0.3) is 0 Å². The molecule has 0 bridgehead atoms. The number of ether oxygens (including phenoxy) is 1. The maximum absolute atomic E-state index is 11.7. The number of carboxylic acids is 1. The van der Waals surface area contributed by atoms with Gasteiger partial charge in [-0.3, -0.25) is 4.79 Å². The highest BCUT2D eigenvalue weighted by molar-refractivity contribution is 5.77. The molecule has 1 aromatic heterocycles. The largest absolute Gasteiger partial charge is 0.481 e. The molecule has 1 aliphatic heterocycles. The van der Waals surface area contributed by atoms with Crippen LogP contribution in [0.5, 0.6) is 0 Å². The van der Waals surface area contributed by atoms with Crippen molar-refractivity contribution in [1.82, 2.24) is 20.2 Å². The van der Waals surface area contributed by atoms with Crippen LogP contribution in [0.1, 0.15) is 5.82 Å². The minimum atomic E-state index is -0.958. The van der Waals surface area contributed by atoms with E-state index in [1.54, 1.807) is 6.20 Å². The highest BCUT2D eigenvalue weighted by atomic mass is 16.5. The molecule has 2 heterocycles. The van der Waals surface area contributed by atoms with Crippen molar-refractivity contribution in [2.45, 2.75) is 12.5 Å². The maximum Gasteiger partial charge on any atom is 0.315 e. The predicted octanol–water partition coefficient (Wildman–Crippen LogP) is -0.639. The van der Waals surface area contributed by atoms with Crippen LogP contribution in [0.2, 0.25) is 0 Å². The van der Waals surface area contributed by atoms with Gasteiger partial charge in [0, 0.05) is 32.4 Å².